The van der Waals surface area contributed by atoms with E-state index in [9.17, 15) is 18.8 Å². The lowest BCUT2D eigenvalue weighted by Gasteiger charge is -2.35. The zero-order valence-electron chi connectivity index (χ0n) is 18.9. The molecule has 1 atom stereocenters. The van der Waals surface area contributed by atoms with Gasteiger partial charge in [0.2, 0.25) is 0 Å². The molecular weight excluding hydrogens is 449 g/mol. The first-order valence-electron chi connectivity index (χ1n) is 11.5. The number of anilines is 1. The van der Waals surface area contributed by atoms with Crippen molar-refractivity contribution in [3.05, 3.63) is 101 Å². The molecule has 7 nitrogen and oxygen atoms in total. The average molecular weight is 474 g/mol. The number of fused-ring (bicyclic) bond motifs is 1. The van der Waals surface area contributed by atoms with Crippen LogP contribution in [0.1, 0.15) is 37.9 Å². The van der Waals surface area contributed by atoms with E-state index in [4.69, 9.17) is 4.74 Å². The summed E-state index contributed by atoms with van der Waals surface area (Å²) in [7, 11) is 0. The maximum atomic E-state index is 13.2. The second-order valence-electron chi connectivity index (χ2n) is 8.60. The van der Waals surface area contributed by atoms with Crippen molar-refractivity contribution in [2.75, 3.05) is 31.5 Å². The Kier molecular flexibility index (Phi) is 6.18. The SMILES string of the molecule is O=C1O[C@@H](c2ccccc2)Cc2cc(C(=O)N3CCN(C(=O)Nc4ccc(F)cc4)CC3)ccc21. The van der Waals surface area contributed by atoms with Crippen LogP contribution in [0.5, 0.6) is 0 Å². The molecule has 0 saturated carbocycles. The number of urea groups is 1. The second kappa shape index (κ2) is 9.58. The van der Waals surface area contributed by atoms with Crippen molar-refractivity contribution in [3.63, 3.8) is 0 Å². The summed E-state index contributed by atoms with van der Waals surface area (Å²) < 4.78 is 18.7. The molecule has 2 aliphatic heterocycles. The van der Waals surface area contributed by atoms with Crippen molar-refractivity contribution >= 4 is 23.6 Å². The number of carbonyl (C=O) groups excluding carboxylic acids is 3. The van der Waals surface area contributed by atoms with Gasteiger partial charge in [-0.05, 0) is 53.6 Å². The molecule has 1 saturated heterocycles. The molecule has 1 N–H and O–H groups in total. The van der Waals surface area contributed by atoms with Crippen LogP contribution in [0, 0.1) is 5.82 Å². The number of nitrogens with one attached hydrogen (secondary N) is 1. The van der Waals surface area contributed by atoms with Crippen LogP contribution >= 0.6 is 0 Å². The number of amides is 3. The van der Waals surface area contributed by atoms with Gasteiger partial charge in [0.25, 0.3) is 5.91 Å². The maximum Gasteiger partial charge on any atom is 0.339 e. The van der Waals surface area contributed by atoms with Gasteiger partial charge in [-0.3, -0.25) is 4.79 Å². The summed E-state index contributed by atoms with van der Waals surface area (Å²) in [6.45, 7) is 1.54. The fraction of sp³-hybridized carbons (Fsp3) is 0.222. The number of cyclic esters (lactones) is 1. The van der Waals surface area contributed by atoms with Crippen molar-refractivity contribution in [3.8, 4) is 0 Å². The van der Waals surface area contributed by atoms with Crippen LogP contribution in [0.25, 0.3) is 0 Å². The van der Waals surface area contributed by atoms with E-state index in [-0.39, 0.29) is 29.8 Å². The van der Waals surface area contributed by atoms with Crippen LogP contribution in [0.15, 0.2) is 72.8 Å². The van der Waals surface area contributed by atoms with Crippen LogP contribution < -0.4 is 5.32 Å². The quantitative estimate of drug-likeness (QED) is 0.577. The zero-order valence-corrected chi connectivity index (χ0v) is 18.9. The lowest BCUT2D eigenvalue weighted by Crippen LogP contribution is -2.51. The molecule has 2 heterocycles. The molecule has 1 fully saturated rings. The lowest BCUT2D eigenvalue weighted by atomic mass is 9.93. The van der Waals surface area contributed by atoms with Gasteiger partial charge in [0.1, 0.15) is 11.9 Å². The Labute approximate surface area is 202 Å². The predicted octanol–water partition coefficient (Wildman–Crippen LogP) is 4.27. The number of ether oxygens (including phenoxy) is 1. The molecule has 5 rings (SSSR count). The molecule has 3 amide bonds. The van der Waals surface area contributed by atoms with Crippen molar-refractivity contribution in [1.82, 2.24) is 9.80 Å². The van der Waals surface area contributed by atoms with Crippen molar-refractivity contribution < 1.29 is 23.5 Å². The molecule has 2 aliphatic rings. The number of hydrogen-bond acceptors (Lipinski definition) is 4. The number of benzene rings is 3. The number of nitrogens with zero attached hydrogens (tertiary/aromatic N) is 2. The van der Waals surface area contributed by atoms with E-state index in [1.165, 1.54) is 24.3 Å². The highest BCUT2D eigenvalue weighted by Crippen LogP contribution is 2.31. The number of rotatable bonds is 3. The number of esters is 1. The fourth-order valence-corrected chi connectivity index (χ4v) is 4.41. The topological polar surface area (TPSA) is 79.0 Å². The standard InChI is InChI=1S/C27H24FN3O4/c28-21-7-9-22(10-8-21)29-27(34)31-14-12-30(13-15-31)25(32)19-6-11-23-20(16-19)17-24(35-26(23)33)18-4-2-1-3-5-18/h1-11,16,24H,12-15,17H2,(H,29,34)/t24-/m1/s1. The van der Waals surface area contributed by atoms with E-state index in [0.29, 0.717) is 49.4 Å². The average Bonchev–Trinajstić information content (AvgIpc) is 2.90. The number of hydrogen-bond donors (Lipinski definition) is 1. The van der Waals surface area contributed by atoms with E-state index in [1.807, 2.05) is 30.3 Å². The Morgan fingerprint density at radius 2 is 1.57 bits per heavy atom. The van der Waals surface area contributed by atoms with Crippen LogP contribution in [0.4, 0.5) is 14.9 Å². The molecule has 0 aromatic heterocycles. The first-order valence-corrected chi connectivity index (χ1v) is 11.5. The van der Waals surface area contributed by atoms with Crippen LogP contribution in [-0.4, -0.2) is 53.9 Å². The van der Waals surface area contributed by atoms with Crippen molar-refractivity contribution in [1.29, 1.82) is 0 Å². The highest BCUT2D eigenvalue weighted by atomic mass is 19.1. The molecule has 0 bridgehead atoms. The van der Waals surface area contributed by atoms with Gasteiger partial charge in [-0.1, -0.05) is 30.3 Å². The van der Waals surface area contributed by atoms with Crippen LogP contribution in [0.2, 0.25) is 0 Å². The number of piperazine rings is 1. The Morgan fingerprint density at radius 1 is 0.886 bits per heavy atom. The second-order valence-corrected chi connectivity index (χ2v) is 8.60. The van der Waals surface area contributed by atoms with Gasteiger partial charge >= 0.3 is 12.0 Å². The van der Waals surface area contributed by atoms with Crippen LogP contribution in [-0.2, 0) is 11.2 Å². The zero-order chi connectivity index (χ0) is 24.4. The van der Waals surface area contributed by atoms with Gasteiger partial charge in [0.05, 0.1) is 5.56 Å². The first-order chi connectivity index (χ1) is 17.0. The molecule has 35 heavy (non-hydrogen) atoms. The summed E-state index contributed by atoms with van der Waals surface area (Å²) in [6, 6.07) is 19.9. The first kappa shape index (κ1) is 22.6. The fourth-order valence-electron chi connectivity index (χ4n) is 4.41. The molecule has 0 radical (unpaired) electrons. The summed E-state index contributed by atoms with van der Waals surface area (Å²) in [4.78, 5) is 41.5. The van der Waals surface area contributed by atoms with Gasteiger partial charge in [-0.25, -0.2) is 14.0 Å². The van der Waals surface area contributed by atoms with Gasteiger partial charge < -0.3 is 19.9 Å². The molecule has 0 spiro atoms. The summed E-state index contributed by atoms with van der Waals surface area (Å²) in [6.07, 6.45) is 0.119. The third kappa shape index (κ3) is 4.87. The van der Waals surface area contributed by atoms with Gasteiger partial charge in [0, 0.05) is 43.9 Å². The Balaban J connectivity index is 1.22. The summed E-state index contributed by atoms with van der Waals surface area (Å²) in [5, 5.41) is 2.74. The third-order valence-corrected chi connectivity index (χ3v) is 6.35. The summed E-state index contributed by atoms with van der Waals surface area (Å²) in [5.74, 6) is -0.897. The molecule has 3 aromatic carbocycles. The molecule has 3 aromatic rings. The highest BCUT2D eigenvalue weighted by molar-refractivity contribution is 5.98. The smallest absolute Gasteiger partial charge is 0.339 e. The van der Waals surface area contributed by atoms with Gasteiger partial charge in [-0.2, -0.15) is 0 Å². The molecular formula is C27H24FN3O4. The normalized spacial score (nSPS) is 17.4. The van der Waals surface area contributed by atoms with Crippen molar-refractivity contribution in [2.24, 2.45) is 0 Å². The lowest BCUT2D eigenvalue weighted by molar-refractivity contribution is 0.0252. The minimum absolute atomic E-state index is 0.137. The number of carbonyl (C=O) groups is 3. The maximum absolute atomic E-state index is 13.2. The molecule has 0 aliphatic carbocycles. The minimum Gasteiger partial charge on any atom is -0.454 e. The van der Waals surface area contributed by atoms with E-state index >= 15 is 0 Å². The molecule has 8 heteroatoms. The van der Waals surface area contributed by atoms with E-state index in [2.05, 4.69) is 5.32 Å². The van der Waals surface area contributed by atoms with Crippen molar-refractivity contribution in [2.45, 2.75) is 12.5 Å². The Morgan fingerprint density at radius 3 is 2.29 bits per heavy atom. The number of halogens is 1. The summed E-state index contributed by atoms with van der Waals surface area (Å²) >= 11 is 0. The largest absolute Gasteiger partial charge is 0.454 e. The van der Waals surface area contributed by atoms with E-state index in [0.717, 1.165) is 11.1 Å². The third-order valence-electron chi connectivity index (χ3n) is 6.35. The molecule has 178 valence electrons. The van der Waals surface area contributed by atoms with E-state index in [1.54, 1.807) is 28.0 Å². The van der Waals surface area contributed by atoms with Gasteiger partial charge in [0.15, 0.2) is 0 Å². The van der Waals surface area contributed by atoms with Gasteiger partial charge in [-0.15, -0.1) is 0 Å². The van der Waals surface area contributed by atoms with Crippen LogP contribution in [0.3, 0.4) is 0 Å². The monoisotopic (exact) mass is 473 g/mol. The predicted molar refractivity (Wildman–Crippen MR) is 128 cm³/mol. The Hall–Kier alpha value is -4.20. The summed E-state index contributed by atoms with van der Waals surface area (Å²) in [5.41, 5.74) is 3.21. The van der Waals surface area contributed by atoms with E-state index < -0.39 is 0 Å². The molecule has 0 unspecified atom stereocenters. The minimum atomic E-state index is -0.389. The Bertz CT molecular complexity index is 1260. The highest BCUT2D eigenvalue weighted by Gasteiger charge is 2.30.